The number of aliphatic hydroxyl groups is 6. The van der Waals surface area contributed by atoms with Crippen LogP contribution in [0.4, 0.5) is 0 Å². The molecule has 0 aromatic carbocycles. The lowest BCUT2D eigenvalue weighted by atomic mass is 9.39. The molecule has 0 aromatic heterocycles. The van der Waals surface area contributed by atoms with Crippen LogP contribution in [0.2, 0.25) is 0 Å². The van der Waals surface area contributed by atoms with E-state index in [1.807, 2.05) is 6.92 Å². The van der Waals surface area contributed by atoms with E-state index in [4.69, 9.17) is 18.9 Å². The Balaban J connectivity index is 1.15. The van der Waals surface area contributed by atoms with E-state index >= 15 is 0 Å². The molecule has 17 atom stereocenters. The first-order valence-corrected chi connectivity index (χ1v) is 21.0. The second kappa shape index (κ2) is 15.3. The highest BCUT2D eigenvalue weighted by Crippen LogP contribution is 2.75. The fourth-order valence-corrected chi connectivity index (χ4v) is 12.8. The first-order valence-electron chi connectivity index (χ1n) is 21.0. The lowest BCUT2D eigenvalue weighted by molar-refractivity contribution is -0.345. The van der Waals surface area contributed by atoms with E-state index in [1.54, 1.807) is 13.8 Å². The average molecular weight is 751 g/mol. The predicted molar refractivity (Wildman–Crippen MR) is 201 cm³/mol. The Kier molecular flexibility index (Phi) is 12.1. The van der Waals surface area contributed by atoms with Gasteiger partial charge in [-0.15, -0.1) is 0 Å². The SMILES string of the molecule is CC1[C@H](O)C[C@H](OC2[C@H](O[C@H](CC[C@@H](C)[C@H]3CC[C@@]4(C)C5CC=C6C(CC[C@H](O)C6(C)C)[C@]5(C)CC[C@]34C)C(C)(C)O)O[C@H](CO)C[C@@H]2O)O[C@@H]1CO. The fourth-order valence-electron chi connectivity index (χ4n) is 12.8. The molecule has 4 aliphatic carbocycles. The van der Waals surface area contributed by atoms with E-state index in [9.17, 15) is 30.6 Å². The molecule has 0 spiro atoms. The summed E-state index contributed by atoms with van der Waals surface area (Å²) in [5, 5.41) is 64.1. The van der Waals surface area contributed by atoms with Crippen molar-refractivity contribution in [2.75, 3.05) is 13.2 Å². The molecule has 306 valence electrons. The molecule has 6 N–H and O–H groups in total. The van der Waals surface area contributed by atoms with Crippen molar-refractivity contribution in [2.45, 2.75) is 194 Å². The molecule has 2 saturated heterocycles. The molecule has 6 rings (SSSR count). The summed E-state index contributed by atoms with van der Waals surface area (Å²) in [6, 6.07) is 0. The van der Waals surface area contributed by atoms with Gasteiger partial charge in [-0.05, 0) is 112 Å². The Hall–Kier alpha value is -0.660. The highest BCUT2D eigenvalue weighted by molar-refractivity contribution is 5.30. The first-order chi connectivity index (χ1) is 24.7. The molecule has 3 saturated carbocycles. The van der Waals surface area contributed by atoms with Crippen molar-refractivity contribution in [1.82, 2.24) is 0 Å². The van der Waals surface area contributed by atoms with Crippen molar-refractivity contribution in [3.8, 4) is 0 Å². The summed E-state index contributed by atoms with van der Waals surface area (Å²) in [6.07, 6.45) is 5.21. The minimum atomic E-state index is -1.23. The van der Waals surface area contributed by atoms with E-state index in [2.05, 4.69) is 47.6 Å². The normalized spacial score (nSPS) is 48.2. The van der Waals surface area contributed by atoms with Crippen molar-refractivity contribution in [3.63, 3.8) is 0 Å². The molecule has 0 amide bonds. The molecular weight excluding hydrogens is 676 g/mol. The maximum Gasteiger partial charge on any atom is 0.187 e. The fraction of sp³-hybridized carbons (Fsp3) is 0.953. The first kappa shape index (κ1) is 42.0. The zero-order chi connectivity index (χ0) is 38.9. The molecule has 10 heteroatoms. The Bertz CT molecular complexity index is 1300. The van der Waals surface area contributed by atoms with E-state index < -0.39 is 54.8 Å². The molecule has 0 aromatic rings. The Morgan fingerprint density at radius 1 is 0.887 bits per heavy atom. The van der Waals surface area contributed by atoms with Crippen LogP contribution in [-0.4, -0.2) is 105 Å². The Labute approximate surface area is 319 Å². The smallest absolute Gasteiger partial charge is 0.187 e. The molecule has 5 fully saturated rings. The molecule has 6 aliphatic rings. The van der Waals surface area contributed by atoms with Crippen molar-refractivity contribution in [1.29, 1.82) is 0 Å². The van der Waals surface area contributed by atoms with Crippen LogP contribution in [0, 0.1) is 51.2 Å². The van der Waals surface area contributed by atoms with E-state index in [-0.39, 0.29) is 59.7 Å². The largest absolute Gasteiger partial charge is 0.394 e. The molecule has 0 bridgehead atoms. The summed E-state index contributed by atoms with van der Waals surface area (Å²) in [7, 11) is 0. The minimum absolute atomic E-state index is 0.136. The highest BCUT2D eigenvalue weighted by atomic mass is 16.7. The number of hydrogen-bond donors (Lipinski definition) is 6. The second-order valence-electron chi connectivity index (χ2n) is 20.3. The number of rotatable bonds is 11. The van der Waals surface area contributed by atoms with E-state index in [0.717, 1.165) is 25.7 Å². The van der Waals surface area contributed by atoms with Crippen LogP contribution in [0.1, 0.15) is 133 Å². The molecule has 4 unspecified atom stereocenters. The summed E-state index contributed by atoms with van der Waals surface area (Å²) < 4.78 is 24.9. The monoisotopic (exact) mass is 751 g/mol. The average Bonchev–Trinajstić information content (AvgIpc) is 3.37. The van der Waals surface area contributed by atoms with Crippen LogP contribution in [0.15, 0.2) is 11.6 Å². The maximum absolute atomic E-state index is 11.5. The molecule has 53 heavy (non-hydrogen) atoms. The third kappa shape index (κ3) is 7.36. The number of ether oxygens (including phenoxy) is 4. The third-order valence-electron chi connectivity index (χ3n) is 16.7. The Morgan fingerprint density at radius 2 is 1.60 bits per heavy atom. The van der Waals surface area contributed by atoms with Crippen LogP contribution in [0.5, 0.6) is 0 Å². The van der Waals surface area contributed by atoms with Crippen molar-refractivity contribution in [2.24, 2.45) is 51.2 Å². The quantitative estimate of drug-likeness (QED) is 0.149. The zero-order valence-corrected chi connectivity index (χ0v) is 34.2. The zero-order valence-electron chi connectivity index (χ0n) is 34.2. The topological polar surface area (TPSA) is 158 Å². The van der Waals surface area contributed by atoms with Gasteiger partial charge in [-0.2, -0.15) is 0 Å². The van der Waals surface area contributed by atoms with Gasteiger partial charge in [0, 0.05) is 24.2 Å². The summed E-state index contributed by atoms with van der Waals surface area (Å²) in [5.41, 5.74) is 0.752. The molecular formula is C43H74O10. The van der Waals surface area contributed by atoms with Gasteiger partial charge in [0.15, 0.2) is 12.6 Å². The molecule has 2 aliphatic heterocycles. The second-order valence-corrected chi connectivity index (χ2v) is 20.3. The van der Waals surface area contributed by atoms with Crippen LogP contribution >= 0.6 is 0 Å². The molecule has 2 heterocycles. The number of allylic oxidation sites excluding steroid dienone is 1. The molecule has 10 nitrogen and oxygen atoms in total. The summed E-state index contributed by atoms with van der Waals surface area (Å²) >= 11 is 0. The predicted octanol–water partition coefficient (Wildman–Crippen LogP) is 5.48. The van der Waals surface area contributed by atoms with Gasteiger partial charge >= 0.3 is 0 Å². The number of aliphatic hydroxyl groups excluding tert-OH is 5. The van der Waals surface area contributed by atoms with Gasteiger partial charge in [-0.1, -0.05) is 60.1 Å². The lowest BCUT2D eigenvalue weighted by Gasteiger charge is -2.66. The van der Waals surface area contributed by atoms with Crippen molar-refractivity contribution < 1.29 is 49.6 Å². The minimum Gasteiger partial charge on any atom is -0.394 e. The number of fused-ring (bicyclic) bond motifs is 5. The lowest BCUT2D eigenvalue weighted by Crippen LogP contribution is -2.59. The van der Waals surface area contributed by atoms with Crippen molar-refractivity contribution in [3.05, 3.63) is 11.6 Å². The summed E-state index contributed by atoms with van der Waals surface area (Å²) in [6.45, 7) is 19.3. The van der Waals surface area contributed by atoms with Crippen LogP contribution in [-0.2, 0) is 18.9 Å². The third-order valence-corrected chi connectivity index (χ3v) is 16.7. The highest BCUT2D eigenvalue weighted by Gasteiger charge is 2.67. The van der Waals surface area contributed by atoms with Crippen molar-refractivity contribution >= 4 is 0 Å². The van der Waals surface area contributed by atoms with Gasteiger partial charge in [0.2, 0.25) is 0 Å². The van der Waals surface area contributed by atoms with Gasteiger partial charge < -0.3 is 49.6 Å². The molecule has 0 radical (unpaired) electrons. The summed E-state index contributed by atoms with van der Waals surface area (Å²) in [5.74, 6) is 1.80. The van der Waals surface area contributed by atoms with E-state index in [1.165, 1.54) is 31.3 Å². The maximum atomic E-state index is 11.5. The van der Waals surface area contributed by atoms with Crippen LogP contribution < -0.4 is 0 Å². The van der Waals surface area contributed by atoms with Gasteiger partial charge in [0.1, 0.15) is 6.10 Å². The van der Waals surface area contributed by atoms with Gasteiger partial charge in [0.05, 0.1) is 55.4 Å². The summed E-state index contributed by atoms with van der Waals surface area (Å²) in [4.78, 5) is 0. The van der Waals surface area contributed by atoms with E-state index in [0.29, 0.717) is 30.1 Å². The van der Waals surface area contributed by atoms with Gasteiger partial charge in [0.25, 0.3) is 0 Å². The van der Waals surface area contributed by atoms with Crippen LogP contribution in [0.3, 0.4) is 0 Å². The van der Waals surface area contributed by atoms with Crippen LogP contribution in [0.25, 0.3) is 0 Å². The number of hydrogen-bond acceptors (Lipinski definition) is 10. The standard InChI is InChI=1S/C43H74O10/c1-24(27-16-17-43(9)33-13-11-28-29(12-14-34(48)39(28,3)4)41(33,7)18-19-42(27,43)8)10-15-35(40(5,6)49)52-38-37(31(47)20-26(22-44)50-38)53-36-21-30(46)25(2)32(23-45)51-36/h11,24-27,29-38,44-49H,10,12-23H2,1-9H3/t24-,25?,26+,27-,29?,30-,31+,32-,33?,34+,35-,36+,37?,38+,41+,42-,43+/m1/s1. The van der Waals surface area contributed by atoms with Gasteiger partial charge in [-0.3, -0.25) is 0 Å². The Morgan fingerprint density at radius 3 is 2.26 bits per heavy atom. The van der Waals surface area contributed by atoms with Gasteiger partial charge in [-0.25, -0.2) is 0 Å².